The van der Waals surface area contributed by atoms with E-state index >= 15 is 0 Å². The predicted molar refractivity (Wildman–Crippen MR) is 65.0 cm³/mol. The normalized spacial score (nSPS) is 23.3. The highest BCUT2D eigenvalue weighted by Crippen LogP contribution is 2.23. The maximum absolute atomic E-state index is 13.9. The number of hydrogen-bond donors (Lipinski definition) is 1. The van der Waals surface area contributed by atoms with Gasteiger partial charge in [0.25, 0.3) is 0 Å². The van der Waals surface area contributed by atoms with Crippen molar-refractivity contribution in [2.45, 2.75) is 25.4 Å². The number of nitrogens with zero attached hydrogens (tertiary/aromatic N) is 2. The number of aromatic nitrogens is 2. The first-order valence-corrected chi connectivity index (χ1v) is 6.07. The number of ether oxygens (including phenoxy) is 2. The Hall–Kier alpha value is -1.27. The lowest BCUT2D eigenvalue weighted by Crippen LogP contribution is -2.40. The molecule has 1 N–H and O–H groups in total. The molecule has 1 aliphatic rings. The average molecular weight is 255 g/mol. The Morgan fingerprint density at radius 2 is 2.39 bits per heavy atom. The van der Waals surface area contributed by atoms with Gasteiger partial charge in [-0.15, -0.1) is 0 Å². The largest absolute Gasteiger partial charge is 0.378 e. The molecule has 1 fully saturated rings. The van der Waals surface area contributed by atoms with Crippen molar-refractivity contribution in [3.8, 4) is 0 Å². The maximum atomic E-state index is 13.9. The molecule has 1 saturated heterocycles. The minimum absolute atomic E-state index is 0.227. The lowest BCUT2D eigenvalue weighted by Gasteiger charge is -2.26. The van der Waals surface area contributed by atoms with Gasteiger partial charge in [0.1, 0.15) is 11.9 Å². The van der Waals surface area contributed by atoms with Gasteiger partial charge in [-0.3, -0.25) is 0 Å². The third kappa shape index (κ3) is 2.59. The summed E-state index contributed by atoms with van der Waals surface area (Å²) in [6, 6.07) is 0. The average Bonchev–Trinajstić information content (AvgIpc) is 2.87. The third-order valence-electron chi connectivity index (χ3n) is 3.27. The lowest BCUT2D eigenvalue weighted by atomic mass is 10.0. The summed E-state index contributed by atoms with van der Waals surface area (Å²) in [6.07, 6.45) is 2.71. The molecule has 100 valence electrons. The lowest BCUT2D eigenvalue weighted by molar-refractivity contribution is -0.00630. The number of rotatable bonds is 5. The summed E-state index contributed by atoms with van der Waals surface area (Å²) < 4.78 is 24.7. The quantitative estimate of drug-likeness (QED) is 0.861. The number of hydrogen-bond acceptors (Lipinski definition) is 5. The Balaban J connectivity index is 2.05. The number of anilines is 1. The first kappa shape index (κ1) is 13.2. The van der Waals surface area contributed by atoms with Crippen molar-refractivity contribution in [3.05, 3.63) is 17.8 Å². The highest BCUT2D eigenvalue weighted by Gasteiger charge is 2.35. The van der Waals surface area contributed by atoms with Gasteiger partial charge in [0.15, 0.2) is 11.6 Å². The van der Waals surface area contributed by atoms with Crippen LogP contribution >= 0.6 is 0 Å². The maximum Gasteiger partial charge on any atom is 0.186 e. The van der Waals surface area contributed by atoms with Crippen LogP contribution in [0.4, 0.5) is 10.2 Å². The Morgan fingerprint density at radius 1 is 1.56 bits per heavy atom. The molecule has 1 atom stereocenters. The molecule has 1 aromatic heterocycles. The molecule has 1 aromatic rings. The van der Waals surface area contributed by atoms with Gasteiger partial charge in [0, 0.05) is 26.7 Å². The zero-order valence-electron chi connectivity index (χ0n) is 10.7. The molecule has 18 heavy (non-hydrogen) atoms. The van der Waals surface area contributed by atoms with Crippen LogP contribution in [0.15, 0.2) is 6.33 Å². The van der Waals surface area contributed by atoms with Gasteiger partial charge >= 0.3 is 0 Å². The summed E-state index contributed by atoms with van der Waals surface area (Å²) in [7, 11) is 1.64. The molecule has 2 heterocycles. The van der Waals surface area contributed by atoms with Crippen molar-refractivity contribution < 1.29 is 13.9 Å². The van der Waals surface area contributed by atoms with Crippen LogP contribution in [-0.2, 0) is 15.9 Å². The minimum Gasteiger partial charge on any atom is -0.378 e. The summed E-state index contributed by atoms with van der Waals surface area (Å²) in [6.45, 7) is 3.52. The Kier molecular flexibility index (Phi) is 4.08. The van der Waals surface area contributed by atoms with E-state index in [0.29, 0.717) is 31.9 Å². The molecule has 0 aromatic carbocycles. The van der Waals surface area contributed by atoms with Crippen LogP contribution in [0, 0.1) is 5.82 Å². The van der Waals surface area contributed by atoms with E-state index in [1.807, 2.05) is 6.92 Å². The van der Waals surface area contributed by atoms with E-state index in [-0.39, 0.29) is 17.2 Å². The molecule has 0 radical (unpaired) electrons. The first-order valence-electron chi connectivity index (χ1n) is 6.07. The standard InChI is InChI=1S/C12H18FN3O2/c1-3-9-10(13)11(16-8-15-9)14-6-12(17-2)4-5-18-7-12/h8H,3-7H2,1-2H3,(H,14,15,16). The molecule has 2 rings (SSSR count). The topological polar surface area (TPSA) is 56.3 Å². The van der Waals surface area contributed by atoms with Crippen LogP contribution in [0.25, 0.3) is 0 Å². The third-order valence-corrected chi connectivity index (χ3v) is 3.27. The van der Waals surface area contributed by atoms with Gasteiger partial charge in [-0.05, 0) is 6.42 Å². The minimum atomic E-state index is -0.385. The summed E-state index contributed by atoms with van der Waals surface area (Å²) >= 11 is 0. The molecule has 5 nitrogen and oxygen atoms in total. The molecular weight excluding hydrogens is 237 g/mol. The highest BCUT2D eigenvalue weighted by molar-refractivity contribution is 5.37. The fourth-order valence-electron chi connectivity index (χ4n) is 1.98. The molecule has 0 aliphatic carbocycles. The second-order valence-corrected chi connectivity index (χ2v) is 4.38. The Labute approximate surface area is 106 Å². The van der Waals surface area contributed by atoms with Crippen molar-refractivity contribution in [1.82, 2.24) is 9.97 Å². The zero-order valence-corrected chi connectivity index (χ0v) is 10.7. The van der Waals surface area contributed by atoms with E-state index in [4.69, 9.17) is 9.47 Å². The van der Waals surface area contributed by atoms with Crippen molar-refractivity contribution in [2.24, 2.45) is 0 Å². The Bertz CT molecular complexity index is 408. The number of aryl methyl sites for hydroxylation is 1. The van der Waals surface area contributed by atoms with Crippen molar-refractivity contribution in [1.29, 1.82) is 0 Å². The molecule has 0 spiro atoms. The van der Waals surface area contributed by atoms with Gasteiger partial charge in [0.2, 0.25) is 0 Å². The second kappa shape index (κ2) is 5.58. The van der Waals surface area contributed by atoms with Crippen molar-refractivity contribution in [2.75, 3.05) is 32.2 Å². The van der Waals surface area contributed by atoms with Crippen LogP contribution in [0.2, 0.25) is 0 Å². The van der Waals surface area contributed by atoms with Gasteiger partial charge < -0.3 is 14.8 Å². The SMILES string of the molecule is CCc1ncnc(NCC2(OC)CCOC2)c1F. The van der Waals surface area contributed by atoms with Gasteiger partial charge in [0.05, 0.1) is 12.3 Å². The summed E-state index contributed by atoms with van der Waals surface area (Å²) in [5.74, 6) is -0.157. The highest BCUT2D eigenvalue weighted by atomic mass is 19.1. The van der Waals surface area contributed by atoms with E-state index < -0.39 is 0 Å². The molecule has 1 unspecified atom stereocenters. The molecule has 0 bridgehead atoms. The van der Waals surface area contributed by atoms with Crippen LogP contribution in [0.1, 0.15) is 19.0 Å². The Morgan fingerprint density at radius 3 is 3.00 bits per heavy atom. The monoisotopic (exact) mass is 255 g/mol. The molecule has 0 amide bonds. The van der Waals surface area contributed by atoms with Gasteiger partial charge in [-0.2, -0.15) is 0 Å². The van der Waals surface area contributed by atoms with E-state index in [9.17, 15) is 4.39 Å². The number of methoxy groups -OCH3 is 1. The molecule has 6 heteroatoms. The van der Waals surface area contributed by atoms with E-state index in [1.165, 1.54) is 6.33 Å². The molecular formula is C12H18FN3O2. The number of halogens is 1. The summed E-state index contributed by atoms with van der Waals surface area (Å²) in [4.78, 5) is 7.81. The predicted octanol–water partition coefficient (Wildman–Crippen LogP) is 1.40. The second-order valence-electron chi connectivity index (χ2n) is 4.38. The summed E-state index contributed by atoms with van der Waals surface area (Å²) in [5.41, 5.74) is 0.0330. The van der Waals surface area contributed by atoms with Crippen LogP contribution in [-0.4, -0.2) is 42.4 Å². The van der Waals surface area contributed by atoms with Crippen molar-refractivity contribution in [3.63, 3.8) is 0 Å². The number of nitrogens with one attached hydrogen (secondary N) is 1. The van der Waals surface area contributed by atoms with Crippen LogP contribution in [0.5, 0.6) is 0 Å². The molecule has 1 aliphatic heterocycles. The van der Waals surface area contributed by atoms with E-state index in [0.717, 1.165) is 6.42 Å². The first-order chi connectivity index (χ1) is 8.71. The fraction of sp³-hybridized carbons (Fsp3) is 0.667. The van der Waals surface area contributed by atoms with Crippen LogP contribution in [0.3, 0.4) is 0 Å². The van der Waals surface area contributed by atoms with E-state index in [1.54, 1.807) is 7.11 Å². The fourth-order valence-corrected chi connectivity index (χ4v) is 1.98. The summed E-state index contributed by atoms with van der Waals surface area (Å²) in [5, 5.41) is 2.99. The van der Waals surface area contributed by atoms with Crippen molar-refractivity contribution >= 4 is 5.82 Å². The molecule has 0 saturated carbocycles. The van der Waals surface area contributed by atoms with Crippen LogP contribution < -0.4 is 5.32 Å². The van der Waals surface area contributed by atoms with Gasteiger partial charge in [-0.1, -0.05) is 6.92 Å². The smallest absolute Gasteiger partial charge is 0.186 e. The van der Waals surface area contributed by atoms with Gasteiger partial charge in [-0.25, -0.2) is 14.4 Å². The zero-order chi connectivity index (χ0) is 13.0. The van der Waals surface area contributed by atoms with E-state index in [2.05, 4.69) is 15.3 Å².